The van der Waals surface area contributed by atoms with Crippen molar-refractivity contribution in [2.75, 3.05) is 18.0 Å². The Hall–Kier alpha value is -0.790. The van der Waals surface area contributed by atoms with Crippen LogP contribution < -0.4 is 4.90 Å². The number of carbonyl (C=O) groups is 1. The molecule has 0 spiro atoms. The third kappa shape index (κ3) is 2.96. The Morgan fingerprint density at radius 1 is 1.61 bits per heavy atom. The van der Waals surface area contributed by atoms with Crippen molar-refractivity contribution in [3.05, 3.63) is 36.7 Å². The average molecular weight is 421 g/mol. The predicted molar refractivity (Wildman–Crippen MR) is 81.3 cm³/mol. The van der Waals surface area contributed by atoms with Crippen LogP contribution in [0.25, 0.3) is 10.4 Å². The van der Waals surface area contributed by atoms with Crippen LogP contribution in [0.1, 0.15) is 6.42 Å². The van der Waals surface area contributed by atoms with Gasteiger partial charge in [0, 0.05) is 32.5 Å². The Bertz CT molecular complexity index is 530. The van der Waals surface area contributed by atoms with E-state index in [1.165, 1.54) is 0 Å². The molecule has 0 aromatic heterocycles. The minimum Gasteiger partial charge on any atom is -0.311 e. The Kier molecular flexibility index (Phi) is 4.47. The lowest BCUT2D eigenvalue weighted by atomic mass is 10.1. The highest BCUT2D eigenvalue weighted by atomic mass is 127. The molecule has 0 aliphatic carbocycles. The van der Waals surface area contributed by atoms with E-state index >= 15 is 0 Å². The number of rotatable bonds is 3. The van der Waals surface area contributed by atoms with Crippen LogP contribution in [-0.2, 0) is 4.79 Å². The minimum absolute atomic E-state index is 0.0911. The van der Waals surface area contributed by atoms with Gasteiger partial charge >= 0.3 is 0 Å². The number of anilines is 1. The molecule has 1 atom stereocenters. The molecule has 18 heavy (non-hydrogen) atoms. The van der Waals surface area contributed by atoms with Gasteiger partial charge in [-0.25, -0.2) is 0 Å². The summed E-state index contributed by atoms with van der Waals surface area (Å²) in [7, 11) is 0. The predicted octanol–water partition coefficient (Wildman–Crippen LogP) is 3.72. The van der Waals surface area contributed by atoms with Crippen LogP contribution in [0.2, 0.25) is 0 Å². The zero-order valence-corrected chi connectivity index (χ0v) is 13.1. The molecule has 7 heteroatoms. The first-order chi connectivity index (χ1) is 8.61. The summed E-state index contributed by atoms with van der Waals surface area (Å²) in [6.07, 6.45) is 0.450. The number of azide groups is 1. The van der Waals surface area contributed by atoms with Gasteiger partial charge in [0.2, 0.25) is 5.91 Å². The zero-order valence-electron chi connectivity index (χ0n) is 9.38. The summed E-state index contributed by atoms with van der Waals surface area (Å²) in [6.45, 7) is 1.00. The number of hydrogen-bond donors (Lipinski definition) is 0. The zero-order chi connectivity index (χ0) is 13.1. The van der Waals surface area contributed by atoms with Crippen LogP contribution in [0.5, 0.6) is 0 Å². The van der Waals surface area contributed by atoms with Crippen molar-refractivity contribution in [1.82, 2.24) is 0 Å². The number of hydrogen-bond acceptors (Lipinski definition) is 2. The van der Waals surface area contributed by atoms with Crippen molar-refractivity contribution < 1.29 is 4.79 Å². The fourth-order valence-corrected chi connectivity index (χ4v) is 3.58. The molecule has 1 unspecified atom stereocenters. The van der Waals surface area contributed by atoms with Crippen molar-refractivity contribution in [3.8, 4) is 0 Å². The van der Waals surface area contributed by atoms with Gasteiger partial charge in [-0.3, -0.25) is 4.79 Å². The van der Waals surface area contributed by atoms with Gasteiger partial charge in [-0.1, -0.05) is 21.0 Å². The van der Waals surface area contributed by atoms with E-state index in [1.54, 1.807) is 4.90 Å². The molecule has 1 aliphatic heterocycles. The van der Waals surface area contributed by atoms with Crippen LogP contribution >= 0.6 is 38.5 Å². The van der Waals surface area contributed by atoms with Crippen LogP contribution in [0.3, 0.4) is 0 Å². The molecule has 1 aromatic carbocycles. The Morgan fingerprint density at radius 2 is 2.39 bits per heavy atom. The van der Waals surface area contributed by atoms with Crippen molar-refractivity contribution >= 4 is 50.1 Å². The van der Waals surface area contributed by atoms with Gasteiger partial charge in [0.15, 0.2) is 0 Å². The number of carbonyl (C=O) groups excluding carboxylic acids is 1. The molecular formula is C11H10BrIN4O. The standard InChI is InChI=1S/C11H10BrIN4O/c12-8-1-2-10(9(13)4-8)17-6-7(3-11(17)18)5-15-16-14/h1-2,4,7H,3,5-6H2. The normalized spacial score (nSPS) is 18.9. The molecule has 1 aliphatic rings. The molecule has 5 nitrogen and oxygen atoms in total. The Labute approximate surface area is 126 Å². The largest absolute Gasteiger partial charge is 0.311 e. The van der Waals surface area contributed by atoms with Crippen molar-refractivity contribution in [1.29, 1.82) is 0 Å². The van der Waals surface area contributed by atoms with Crippen molar-refractivity contribution in [2.24, 2.45) is 11.0 Å². The first-order valence-corrected chi connectivity index (χ1v) is 7.25. The highest BCUT2D eigenvalue weighted by Gasteiger charge is 2.30. The van der Waals surface area contributed by atoms with Gasteiger partial charge in [0.1, 0.15) is 0 Å². The van der Waals surface area contributed by atoms with E-state index in [9.17, 15) is 4.79 Å². The van der Waals surface area contributed by atoms with E-state index in [2.05, 4.69) is 48.5 Å². The van der Waals surface area contributed by atoms with Crippen LogP contribution in [0, 0.1) is 9.49 Å². The van der Waals surface area contributed by atoms with E-state index in [4.69, 9.17) is 5.53 Å². The van der Waals surface area contributed by atoms with E-state index in [1.807, 2.05) is 18.2 Å². The SMILES string of the molecule is [N-]=[N+]=NCC1CC(=O)N(c2ccc(Br)cc2I)C1. The maximum absolute atomic E-state index is 12.0. The van der Waals surface area contributed by atoms with Gasteiger partial charge in [-0.2, -0.15) is 0 Å². The summed E-state index contributed by atoms with van der Waals surface area (Å²) in [5.74, 6) is 0.209. The van der Waals surface area contributed by atoms with Crippen LogP contribution in [0.4, 0.5) is 5.69 Å². The number of nitrogens with zero attached hydrogens (tertiary/aromatic N) is 4. The van der Waals surface area contributed by atoms with E-state index < -0.39 is 0 Å². The van der Waals surface area contributed by atoms with E-state index in [-0.39, 0.29) is 11.8 Å². The fraction of sp³-hybridized carbons (Fsp3) is 0.364. The maximum Gasteiger partial charge on any atom is 0.227 e. The summed E-state index contributed by atoms with van der Waals surface area (Å²) in [5, 5.41) is 3.55. The monoisotopic (exact) mass is 420 g/mol. The summed E-state index contributed by atoms with van der Waals surface area (Å²) in [4.78, 5) is 16.5. The summed E-state index contributed by atoms with van der Waals surface area (Å²) in [6, 6.07) is 5.83. The molecule has 0 N–H and O–H groups in total. The molecule has 1 fully saturated rings. The molecule has 0 saturated carbocycles. The fourth-order valence-electron chi connectivity index (χ4n) is 1.99. The topological polar surface area (TPSA) is 69.1 Å². The molecule has 1 heterocycles. The summed E-state index contributed by atoms with van der Waals surface area (Å²) >= 11 is 5.62. The van der Waals surface area contributed by atoms with Crippen LogP contribution in [0.15, 0.2) is 27.8 Å². The average Bonchev–Trinajstić information content (AvgIpc) is 2.68. The maximum atomic E-state index is 12.0. The molecule has 1 amide bonds. The second-order valence-electron chi connectivity index (χ2n) is 4.08. The quantitative estimate of drug-likeness (QED) is 0.318. The van der Waals surface area contributed by atoms with E-state index in [0.717, 1.165) is 13.7 Å². The second-order valence-corrected chi connectivity index (χ2v) is 6.16. The van der Waals surface area contributed by atoms with Gasteiger partial charge in [-0.05, 0) is 52.2 Å². The Morgan fingerprint density at radius 3 is 3.06 bits per heavy atom. The first-order valence-electron chi connectivity index (χ1n) is 5.38. The molecular weight excluding hydrogens is 411 g/mol. The summed E-state index contributed by atoms with van der Waals surface area (Å²) in [5.41, 5.74) is 9.23. The smallest absolute Gasteiger partial charge is 0.227 e. The van der Waals surface area contributed by atoms with Gasteiger partial charge < -0.3 is 4.90 Å². The molecule has 1 aromatic rings. The molecule has 1 saturated heterocycles. The van der Waals surface area contributed by atoms with Gasteiger partial charge in [0.05, 0.1) is 5.69 Å². The lowest BCUT2D eigenvalue weighted by Crippen LogP contribution is -2.25. The van der Waals surface area contributed by atoms with E-state index in [0.29, 0.717) is 19.5 Å². The first kappa shape index (κ1) is 13.6. The van der Waals surface area contributed by atoms with Gasteiger partial charge in [0.25, 0.3) is 0 Å². The third-order valence-corrected chi connectivity index (χ3v) is 4.17. The number of benzene rings is 1. The lowest BCUT2D eigenvalue weighted by molar-refractivity contribution is -0.117. The number of amides is 1. The highest BCUT2D eigenvalue weighted by molar-refractivity contribution is 14.1. The molecule has 0 bridgehead atoms. The van der Waals surface area contributed by atoms with Crippen molar-refractivity contribution in [2.45, 2.75) is 6.42 Å². The minimum atomic E-state index is 0.0911. The van der Waals surface area contributed by atoms with Crippen molar-refractivity contribution in [3.63, 3.8) is 0 Å². The summed E-state index contributed by atoms with van der Waals surface area (Å²) < 4.78 is 2.02. The molecule has 2 rings (SSSR count). The van der Waals surface area contributed by atoms with Gasteiger partial charge in [-0.15, -0.1) is 0 Å². The lowest BCUT2D eigenvalue weighted by Gasteiger charge is -2.18. The van der Waals surface area contributed by atoms with Crippen LogP contribution in [-0.4, -0.2) is 19.0 Å². The number of halogens is 2. The molecule has 0 radical (unpaired) electrons. The highest BCUT2D eigenvalue weighted by Crippen LogP contribution is 2.31. The molecule has 94 valence electrons. The third-order valence-electron chi connectivity index (χ3n) is 2.81. The Balaban J connectivity index is 2.18. The second kappa shape index (κ2) is 5.90.